The van der Waals surface area contributed by atoms with Crippen molar-refractivity contribution in [2.24, 2.45) is 0 Å². The second kappa shape index (κ2) is 4.88. The molecule has 0 rings (SSSR count). The second-order valence-corrected chi connectivity index (χ2v) is 3.72. The van der Waals surface area contributed by atoms with Crippen LogP contribution in [-0.4, -0.2) is 23.4 Å². The quantitative estimate of drug-likeness (QED) is 0.401. The van der Waals surface area contributed by atoms with Crippen LogP contribution in [0.2, 0.25) is 0 Å². The number of unbranched alkanes of at least 4 members (excludes halogenated alkanes) is 1. The number of alkyl halides is 8. The highest BCUT2D eigenvalue weighted by molar-refractivity contribution is 9.09. The molecule has 0 aromatic heterocycles. The zero-order chi connectivity index (χ0) is 12.3. The van der Waals surface area contributed by atoms with Gasteiger partial charge in [0, 0.05) is 11.8 Å². The van der Waals surface area contributed by atoms with Gasteiger partial charge in [-0.05, 0) is 12.8 Å². The summed E-state index contributed by atoms with van der Waals surface area (Å²) in [5.41, 5.74) is 0. The molecule has 0 aliphatic carbocycles. The molecule has 0 aliphatic heterocycles. The lowest BCUT2D eigenvalue weighted by Crippen LogP contribution is -2.51. The zero-order valence-electron chi connectivity index (χ0n) is 7.35. The molecule has 0 saturated heterocycles. The molecule has 0 nitrogen and oxygen atoms in total. The highest BCUT2D eigenvalue weighted by atomic mass is 79.9. The predicted molar refractivity (Wildman–Crippen MR) is 43.6 cm³/mol. The number of halogens is 8. The van der Waals surface area contributed by atoms with Crippen molar-refractivity contribution in [2.45, 2.75) is 37.3 Å². The normalized spacial score (nSPS) is 14.4. The maximum Gasteiger partial charge on any atom is 0.459 e. The first-order chi connectivity index (χ1) is 6.56. The van der Waals surface area contributed by atoms with Crippen LogP contribution in [0.5, 0.6) is 0 Å². The summed E-state index contributed by atoms with van der Waals surface area (Å²) < 4.78 is 84.4. The lowest BCUT2D eigenvalue weighted by atomic mass is 10.0. The van der Waals surface area contributed by atoms with Crippen LogP contribution in [0.3, 0.4) is 0 Å². The number of hydrogen-bond donors (Lipinski definition) is 0. The lowest BCUT2D eigenvalue weighted by molar-refractivity contribution is -0.355. The molecule has 0 aromatic rings. The van der Waals surface area contributed by atoms with Gasteiger partial charge in [-0.15, -0.1) is 0 Å². The largest absolute Gasteiger partial charge is 0.459 e. The third-order valence-corrected chi connectivity index (χ3v) is 2.25. The van der Waals surface area contributed by atoms with Gasteiger partial charge in [-0.25, -0.2) is 0 Å². The average Bonchev–Trinajstić information content (AvgIpc) is 2.02. The Morgan fingerprint density at radius 1 is 0.800 bits per heavy atom. The van der Waals surface area contributed by atoms with E-state index in [2.05, 4.69) is 15.9 Å². The van der Waals surface area contributed by atoms with Crippen molar-refractivity contribution in [3.05, 3.63) is 0 Å². The smallest absolute Gasteiger partial charge is 0.200 e. The maximum absolute atomic E-state index is 12.5. The van der Waals surface area contributed by atoms with Crippen LogP contribution < -0.4 is 0 Å². The first kappa shape index (κ1) is 15.0. The SMILES string of the molecule is FC(F)(F)C(F)(F)C(F)(F)CCCCBr. The van der Waals surface area contributed by atoms with E-state index in [9.17, 15) is 30.7 Å². The van der Waals surface area contributed by atoms with E-state index in [1.165, 1.54) is 0 Å². The fourth-order valence-corrected chi connectivity index (χ4v) is 1.20. The highest BCUT2D eigenvalue weighted by Crippen LogP contribution is 2.48. The Labute approximate surface area is 90.0 Å². The van der Waals surface area contributed by atoms with E-state index < -0.39 is 30.9 Å². The molecule has 0 N–H and O–H groups in total. The van der Waals surface area contributed by atoms with Crippen LogP contribution in [0.4, 0.5) is 30.7 Å². The van der Waals surface area contributed by atoms with Crippen molar-refractivity contribution < 1.29 is 30.7 Å². The van der Waals surface area contributed by atoms with Crippen LogP contribution in [0.15, 0.2) is 0 Å². The Balaban J connectivity index is 4.56. The zero-order valence-corrected chi connectivity index (χ0v) is 8.94. The second-order valence-electron chi connectivity index (χ2n) is 2.92. The van der Waals surface area contributed by atoms with E-state index >= 15 is 0 Å². The molecule has 15 heavy (non-hydrogen) atoms. The summed E-state index contributed by atoms with van der Waals surface area (Å²) in [5, 5.41) is 0.278. The summed E-state index contributed by atoms with van der Waals surface area (Å²) in [4.78, 5) is 0. The highest BCUT2D eigenvalue weighted by Gasteiger charge is 2.72. The topological polar surface area (TPSA) is 0 Å². The monoisotopic (exact) mass is 304 g/mol. The summed E-state index contributed by atoms with van der Waals surface area (Å²) in [6.45, 7) is 0. The predicted octanol–water partition coefficient (Wildman–Crippen LogP) is 4.38. The van der Waals surface area contributed by atoms with Crippen molar-refractivity contribution in [3.8, 4) is 0 Å². The van der Waals surface area contributed by atoms with Gasteiger partial charge in [-0.2, -0.15) is 30.7 Å². The van der Waals surface area contributed by atoms with E-state index in [0.29, 0.717) is 0 Å². The minimum Gasteiger partial charge on any atom is -0.200 e. The van der Waals surface area contributed by atoms with Crippen LogP contribution in [0.25, 0.3) is 0 Å². The van der Waals surface area contributed by atoms with E-state index in [0.717, 1.165) is 0 Å². The Morgan fingerprint density at radius 3 is 1.60 bits per heavy atom. The summed E-state index contributed by atoms with van der Waals surface area (Å²) in [6, 6.07) is 0. The van der Waals surface area contributed by atoms with Crippen LogP contribution >= 0.6 is 15.9 Å². The third-order valence-electron chi connectivity index (χ3n) is 1.69. The van der Waals surface area contributed by atoms with Crippen LogP contribution in [0, 0.1) is 0 Å². The molecule has 0 atom stereocenters. The first-order valence-corrected chi connectivity index (χ1v) is 5.07. The Kier molecular flexibility index (Phi) is 4.88. The molecule has 0 spiro atoms. The van der Waals surface area contributed by atoms with Crippen molar-refractivity contribution in [1.82, 2.24) is 0 Å². The van der Waals surface area contributed by atoms with Crippen LogP contribution in [-0.2, 0) is 0 Å². The Bertz CT molecular complexity index is 198. The van der Waals surface area contributed by atoms with Gasteiger partial charge in [0.15, 0.2) is 0 Å². The molecule has 0 aromatic carbocycles. The Morgan fingerprint density at radius 2 is 1.27 bits per heavy atom. The fraction of sp³-hybridized carbons (Fsp3) is 1.00. The number of hydrogen-bond acceptors (Lipinski definition) is 0. The van der Waals surface area contributed by atoms with E-state index in [1.807, 2.05) is 0 Å². The molecule has 0 amide bonds. The van der Waals surface area contributed by atoms with E-state index in [-0.39, 0.29) is 11.8 Å². The molecule has 0 saturated carbocycles. The minimum atomic E-state index is -6.22. The molecule has 0 radical (unpaired) electrons. The van der Waals surface area contributed by atoms with Gasteiger partial charge in [0.1, 0.15) is 0 Å². The number of rotatable bonds is 5. The molecule has 0 aliphatic rings. The fourth-order valence-electron chi connectivity index (χ4n) is 0.806. The van der Waals surface area contributed by atoms with E-state index in [1.54, 1.807) is 0 Å². The van der Waals surface area contributed by atoms with Gasteiger partial charge in [-0.1, -0.05) is 15.9 Å². The molecule has 0 fully saturated rings. The van der Waals surface area contributed by atoms with Crippen molar-refractivity contribution in [3.63, 3.8) is 0 Å². The molecule has 0 bridgehead atoms. The van der Waals surface area contributed by atoms with Gasteiger partial charge in [0.05, 0.1) is 0 Å². The molecular formula is C7H8BrF7. The van der Waals surface area contributed by atoms with Gasteiger partial charge >= 0.3 is 18.0 Å². The molecular weight excluding hydrogens is 297 g/mol. The van der Waals surface area contributed by atoms with Crippen molar-refractivity contribution in [2.75, 3.05) is 5.33 Å². The van der Waals surface area contributed by atoms with Crippen molar-refractivity contribution in [1.29, 1.82) is 0 Å². The summed E-state index contributed by atoms with van der Waals surface area (Å²) in [7, 11) is 0. The lowest BCUT2D eigenvalue weighted by Gasteiger charge is -2.28. The third kappa shape index (κ3) is 3.49. The average molecular weight is 305 g/mol. The van der Waals surface area contributed by atoms with Gasteiger partial charge in [0.25, 0.3) is 0 Å². The summed E-state index contributed by atoms with van der Waals surface area (Å²) in [5.74, 6) is -11.0. The van der Waals surface area contributed by atoms with Gasteiger partial charge in [-0.3, -0.25) is 0 Å². The summed E-state index contributed by atoms with van der Waals surface area (Å²) >= 11 is 2.85. The first-order valence-electron chi connectivity index (χ1n) is 3.94. The Hall–Kier alpha value is -0.0100. The van der Waals surface area contributed by atoms with Crippen molar-refractivity contribution >= 4 is 15.9 Å². The molecule has 0 unspecified atom stereocenters. The molecule has 8 heteroatoms. The van der Waals surface area contributed by atoms with E-state index in [4.69, 9.17) is 0 Å². The molecule has 92 valence electrons. The van der Waals surface area contributed by atoms with Gasteiger partial charge < -0.3 is 0 Å². The minimum absolute atomic E-state index is 0.115. The molecule has 0 heterocycles. The van der Waals surface area contributed by atoms with Gasteiger partial charge in [0.2, 0.25) is 0 Å². The summed E-state index contributed by atoms with van der Waals surface area (Å²) in [6.07, 6.45) is -7.98. The maximum atomic E-state index is 12.5. The standard InChI is InChI=1S/C7H8BrF7/c8-4-2-1-3-5(9,10)6(11,12)7(13,14)15/h1-4H2. The van der Waals surface area contributed by atoms with Crippen LogP contribution in [0.1, 0.15) is 19.3 Å².